The molecule has 3 aromatic carbocycles. The molecule has 0 aliphatic carbocycles. The summed E-state index contributed by atoms with van der Waals surface area (Å²) < 4.78 is 6.13. The van der Waals surface area contributed by atoms with Crippen LogP contribution >= 0.6 is 0 Å². The van der Waals surface area contributed by atoms with E-state index in [0.717, 1.165) is 39.0 Å². The Morgan fingerprint density at radius 3 is 2.47 bits per heavy atom. The molecule has 0 saturated carbocycles. The first kappa shape index (κ1) is 19.8. The van der Waals surface area contributed by atoms with Gasteiger partial charge in [-0.2, -0.15) is 0 Å². The molecule has 30 heavy (non-hydrogen) atoms. The summed E-state index contributed by atoms with van der Waals surface area (Å²) in [6.07, 6.45) is -0.0517. The fourth-order valence-corrected chi connectivity index (χ4v) is 3.72. The van der Waals surface area contributed by atoms with Gasteiger partial charge in [-0.15, -0.1) is 0 Å². The van der Waals surface area contributed by atoms with Gasteiger partial charge in [0.15, 0.2) is 0 Å². The molecule has 0 aliphatic rings. The van der Waals surface area contributed by atoms with E-state index < -0.39 is 5.97 Å². The second-order valence-corrected chi connectivity index (χ2v) is 7.78. The molecule has 152 valence electrons. The lowest BCUT2D eigenvalue weighted by Crippen LogP contribution is -2.02. The number of rotatable bonds is 7. The van der Waals surface area contributed by atoms with Crippen molar-refractivity contribution >= 4 is 16.9 Å². The summed E-state index contributed by atoms with van der Waals surface area (Å²) in [4.78, 5) is 15.1. The topological polar surface area (TPSA) is 62.3 Å². The molecule has 0 spiro atoms. The SMILES string of the molecule is CC(C)c1ccc2[nH]c(-c3ccccc3OCc3ccccc3)c(CC(=O)O)c2c1. The maximum Gasteiger partial charge on any atom is 0.307 e. The Morgan fingerprint density at radius 1 is 1.00 bits per heavy atom. The Labute approximate surface area is 176 Å². The quantitative estimate of drug-likeness (QED) is 0.391. The number of aromatic nitrogens is 1. The first-order valence-corrected chi connectivity index (χ1v) is 10.2. The van der Waals surface area contributed by atoms with Gasteiger partial charge in [0.2, 0.25) is 0 Å². The molecule has 4 heteroatoms. The van der Waals surface area contributed by atoms with E-state index in [1.54, 1.807) is 0 Å². The standard InChI is InChI=1S/C26H25NO3/c1-17(2)19-12-13-23-21(14-19)22(15-25(28)29)26(27-23)20-10-6-7-11-24(20)30-16-18-8-4-3-5-9-18/h3-14,17,27H,15-16H2,1-2H3,(H,28,29). The van der Waals surface area contributed by atoms with Gasteiger partial charge in [-0.05, 0) is 46.9 Å². The van der Waals surface area contributed by atoms with Crippen LogP contribution in [-0.4, -0.2) is 16.1 Å². The van der Waals surface area contributed by atoms with Crippen molar-refractivity contribution in [3.05, 3.63) is 89.5 Å². The zero-order valence-electron chi connectivity index (χ0n) is 17.2. The van der Waals surface area contributed by atoms with E-state index in [-0.39, 0.29) is 6.42 Å². The van der Waals surface area contributed by atoms with Gasteiger partial charge in [0.1, 0.15) is 12.4 Å². The van der Waals surface area contributed by atoms with E-state index in [9.17, 15) is 9.90 Å². The minimum Gasteiger partial charge on any atom is -0.488 e. The molecule has 4 rings (SSSR count). The van der Waals surface area contributed by atoms with Crippen LogP contribution in [0.4, 0.5) is 0 Å². The number of carboxylic acids is 1. The van der Waals surface area contributed by atoms with Crippen LogP contribution in [0, 0.1) is 0 Å². The molecule has 0 atom stereocenters. The molecule has 1 aromatic heterocycles. The summed E-state index contributed by atoms with van der Waals surface area (Å²) in [5.74, 6) is 0.241. The number of carboxylic acid groups (broad SMARTS) is 1. The fraction of sp³-hybridized carbons (Fsp3) is 0.192. The van der Waals surface area contributed by atoms with Gasteiger partial charge < -0.3 is 14.8 Å². The average Bonchev–Trinajstić information content (AvgIpc) is 3.10. The van der Waals surface area contributed by atoms with Crippen LogP contribution in [0.25, 0.3) is 22.2 Å². The molecule has 0 aliphatic heterocycles. The van der Waals surface area contributed by atoms with Crippen LogP contribution in [0.2, 0.25) is 0 Å². The zero-order valence-corrected chi connectivity index (χ0v) is 17.2. The van der Waals surface area contributed by atoms with Crippen molar-refractivity contribution in [3.8, 4) is 17.0 Å². The second kappa shape index (κ2) is 8.46. The van der Waals surface area contributed by atoms with Crippen LogP contribution in [0.3, 0.4) is 0 Å². The molecular weight excluding hydrogens is 374 g/mol. The number of fused-ring (bicyclic) bond motifs is 1. The minimum atomic E-state index is -0.852. The monoisotopic (exact) mass is 399 g/mol. The van der Waals surface area contributed by atoms with Gasteiger partial charge >= 0.3 is 5.97 Å². The van der Waals surface area contributed by atoms with Gasteiger partial charge in [-0.3, -0.25) is 4.79 Å². The Hall–Kier alpha value is -3.53. The van der Waals surface area contributed by atoms with Crippen molar-refractivity contribution in [3.63, 3.8) is 0 Å². The fourth-order valence-electron chi connectivity index (χ4n) is 3.72. The molecule has 1 heterocycles. The predicted molar refractivity (Wildman–Crippen MR) is 120 cm³/mol. The smallest absolute Gasteiger partial charge is 0.307 e. The van der Waals surface area contributed by atoms with Crippen LogP contribution in [0.1, 0.15) is 36.5 Å². The molecule has 0 saturated heterocycles. The van der Waals surface area contributed by atoms with E-state index >= 15 is 0 Å². The molecule has 4 aromatic rings. The first-order valence-electron chi connectivity index (χ1n) is 10.2. The largest absolute Gasteiger partial charge is 0.488 e. The number of hydrogen-bond donors (Lipinski definition) is 2. The number of carbonyl (C=O) groups is 1. The number of para-hydroxylation sites is 1. The predicted octanol–water partition coefficient (Wildman–Crippen LogP) is 6.16. The molecule has 4 nitrogen and oxygen atoms in total. The third kappa shape index (κ3) is 4.08. The molecule has 0 radical (unpaired) electrons. The number of H-pyrrole nitrogens is 1. The van der Waals surface area contributed by atoms with Gasteiger partial charge in [0, 0.05) is 16.5 Å². The van der Waals surface area contributed by atoms with Crippen molar-refractivity contribution in [2.45, 2.75) is 32.8 Å². The number of hydrogen-bond acceptors (Lipinski definition) is 2. The van der Waals surface area contributed by atoms with Gasteiger partial charge in [-0.25, -0.2) is 0 Å². The van der Waals surface area contributed by atoms with Gasteiger partial charge in [0.05, 0.1) is 12.1 Å². The summed E-state index contributed by atoms with van der Waals surface area (Å²) in [6.45, 7) is 4.72. The highest BCUT2D eigenvalue weighted by Crippen LogP contribution is 2.37. The summed E-state index contributed by atoms with van der Waals surface area (Å²) >= 11 is 0. The number of nitrogens with one attached hydrogen (secondary N) is 1. The third-order valence-corrected chi connectivity index (χ3v) is 5.32. The highest BCUT2D eigenvalue weighted by molar-refractivity contribution is 5.95. The molecule has 0 amide bonds. The maximum atomic E-state index is 11.7. The summed E-state index contributed by atoms with van der Waals surface area (Å²) in [6, 6.07) is 24.0. The number of benzene rings is 3. The molecule has 0 bridgehead atoms. The molecule has 2 N–H and O–H groups in total. The Balaban J connectivity index is 1.79. The van der Waals surface area contributed by atoms with Crippen LogP contribution in [-0.2, 0) is 17.8 Å². The van der Waals surface area contributed by atoms with Crippen molar-refractivity contribution in [1.29, 1.82) is 0 Å². The highest BCUT2D eigenvalue weighted by atomic mass is 16.5. The number of aliphatic carboxylic acids is 1. The first-order chi connectivity index (χ1) is 14.5. The lowest BCUT2D eigenvalue weighted by molar-refractivity contribution is -0.136. The molecule has 0 fully saturated rings. The van der Waals surface area contributed by atoms with Crippen molar-refractivity contribution in [2.75, 3.05) is 0 Å². The molecule has 0 unspecified atom stereocenters. The second-order valence-electron chi connectivity index (χ2n) is 7.78. The number of aromatic amines is 1. The Bertz CT molecular complexity index is 1180. The average molecular weight is 399 g/mol. The van der Waals surface area contributed by atoms with E-state index in [1.807, 2.05) is 60.7 Å². The normalized spacial score (nSPS) is 11.2. The van der Waals surface area contributed by atoms with E-state index in [1.165, 1.54) is 5.56 Å². The van der Waals surface area contributed by atoms with E-state index in [0.29, 0.717) is 12.5 Å². The van der Waals surface area contributed by atoms with Crippen molar-refractivity contribution in [2.24, 2.45) is 0 Å². The van der Waals surface area contributed by atoms with Crippen molar-refractivity contribution < 1.29 is 14.6 Å². The highest BCUT2D eigenvalue weighted by Gasteiger charge is 2.19. The molecular formula is C26H25NO3. The van der Waals surface area contributed by atoms with Crippen LogP contribution in [0.15, 0.2) is 72.8 Å². The summed E-state index contributed by atoms with van der Waals surface area (Å²) in [5.41, 5.74) is 5.66. The van der Waals surface area contributed by atoms with E-state index in [2.05, 4.69) is 31.0 Å². The third-order valence-electron chi connectivity index (χ3n) is 5.32. The number of ether oxygens (including phenoxy) is 1. The lowest BCUT2D eigenvalue weighted by atomic mass is 9.97. The van der Waals surface area contributed by atoms with Crippen molar-refractivity contribution in [1.82, 2.24) is 4.98 Å². The summed E-state index contributed by atoms with van der Waals surface area (Å²) in [5, 5.41) is 10.5. The van der Waals surface area contributed by atoms with E-state index in [4.69, 9.17) is 4.74 Å². The van der Waals surface area contributed by atoms with Gasteiger partial charge in [0.25, 0.3) is 0 Å². The Kier molecular flexibility index (Phi) is 5.57. The maximum absolute atomic E-state index is 11.7. The zero-order chi connectivity index (χ0) is 21.1. The van der Waals surface area contributed by atoms with Gasteiger partial charge in [-0.1, -0.05) is 62.4 Å². The summed E-state index contributed by atoms with van der Waals surface area (Å²) in [7, 11) is 0. The van der Waals surface area contributed by atoms with Crippen LogP contribution in [0.5, 0.6) is 5.75 Å². The lowest BCUT2D eigenvalue weighted by Gasteiger charge is -2.12. The Morgan fingerprint density at radius 2 is 1.73 bits per heavy atom. The minimum absolute atomic E-state index is 0.0517. The van der Waals surface area contributed by atoms with Crippen LogP contribution < -0.4 is 4.74 Å².